The first kappa shape index (κ1) is 17.0. The highest BCUT2D eigenvalue weighted by Crippen LogP contribution is 2.15. The lowest BCUT2D eigenvalue weighted by molar-refractivity contribution is -0.147. The van der Waals surface area contributed by atoms with Gasteiger partial charge >= 0.3 is 5.97 Å². The molecule has 3 rings (SSSR count). The summed E-state index contributed by atoms with van der Waals surface area (Å²) < 4.78 is 24.7. The number of para-hydroxylation sites is 1. The van der Waals surface area contributed by atoms with Gasteiger partial charge in [-0.2, -0.15) is 9.61 Å². The van der Waals surface area contributed by atoms with Crippen molar-refractivity contribution < 1.29 is 18.7 Å². The Morgan fingerprint density at radius 2 is 2.16 bits per heavy atom. The molecule has 0 spiro atoms. The molecule has 9 heteroatoms. The number of ether oxygens (including phenoxy) is 2. The number of fused-ring (bicyclic) bond motifs is 1. The topological polar surface area (TPSA) is 82.8 Å². The number of carbonyl (C=O) groups is 1. The molecule has 2 heterocycles. The Morgan fingerprint density at radius 3 is 2.92 bits per heavy atom. The fourth-order valence-corrected chi connectivity index (χ4v) is 2.86. The molecule has 0 amide bonds. The molecule has 0 N–H and O–H groups in total. The van der Waals surface area contributed by atoms with Crippen molar-refractivity contribution in [1.82, 2.24) is 14.6 Å². The molecule has 0 radical (unpaired) electrons. The summed E-state index contributed by atoms with van der Waals surface area (Å²) in [6, 6.07) is 7.01. The number of halogens is 1. The van der Waals surface area contributed by atoms with Crippen LogP contribution in [0.3, 0.4) is 0 Å². The predicted molar refractivity (Wildman–Crippen MR) is 88.2 cm³/mol. The lowest BCUT2D eigenvalue weighted by Crippen LogP contribution is -2.18. The first-order chi connectivity index (χ1) is 12.1. The third-order valence-electron chi connectivity index (χ3n) is 3.21. The Morgan fingerprint density at radius 1 is 1.36 bits per heavy atom. The monoisotopic (exact) mass is 363 g/mol. The highest BCUT2D eigenvalue weighted by molar-refractivity contribution is 7.16. The lowest BCUT2D eigenvalue weighted by atomic mass is 10.3. The average Bonchev–Trinajstić information content (AvgIpc) is 3.03. The molecule has 0 unspecified atom stereocenters. The van der Waals surface area contributed by atoms with Crippen LogP contribution < -0.4 is 10.3 Å². The van der Waals surface area contributed by atoms with E-state index in [9.17, 15) is 14.0 Å². The van der Waals surface area contributed by atoms with Gasteiger partial charge in [0.05, 0.1) is 5.69 Å². The van der Waals surface area contributed by atoms with Gasteiger partial charge in [-0.25, -0.2) is 14.2 Å². The first-order valence-corrected chi connectivity index (χ1v) is 8.30. The predicted octanol–water partition coefficient (Wildman–Crippen LogP) is 1.97. The van der Waals surface area contributed by atoms with Crippen molar-refractivity contribution >= 4 is 22.3 Å². The number of aryl methyl sites for hydroxylation is 1. The van der Waals surface area contributed by atoms with Gasteiger partial charge in [0.25, 0.3) is 5.56 Å². The van der Waals surface area contributed by atoms with E-state index in [1.165, 1.54) is 40.1 Å². The molecular formula is C16H14FN3O4S. The molecule has 2 aromatic heterocycles. The second-order valence-corrected chi connectivity index (χ2v) is 6.05. The van der Waals surface area contributed by atoms with E-state index in [2.05, 4.69) is 10.1 Å². The minimum absolute atomic E-state index is 0.0333. The lowest BCUT2D eigenvalue weighted by Gasteiger charge is -2.07. The van der Waals surface area contributed by atoms with Crippen molar-refractivity contribution in [2.75, 3.05) is 6.61 Å². The molecule has 3 aromatic rings. The van der Waals surface area contributed by atoms with Crippen molar-refractivity contribution in [2.24, 2.45) is 0 Å². The van der Waals surface area contributed by atoms with Crippen LogP contribution >= 0.6 is 11.3 Å². The Balaban J connectivity index is 1.61. The van der Waals surface area contributed by atoms with E-state index in [4.69, 9.17) is 9.47 Å². The molecule has 130 valence electrons. The standard InChI is InChI=1S/C16H14FN3O4S/c1-2-13-19-20-14(21)7-10(18-16(20)25-13)8-24-15(22)9-23-12-6-4-3-5-11(12)17/h3-7H,2,8-9H2,1H3. The Labute approximate surface area is 145 Å². The first-order valence-electron chi connectivity index (χ1n) is 7.48. The van der Waals surface area contributed by atoms with Gasteiger partial charge in [-0.05, 0) is 18.6 Å². The van der Waals surface area contributed by atoms with Gasteiger partial charge in [-0.1, -0.05) is 30.4 Å². The van der Waals surface area contributed by atoms with Crippen LogP contribution in [0.15, 0.2) is 35.1 Å². The molecule has 0 saturated heterocycles. The summed E-state index contributed by atoms with van der Waals surface area (Å²) >= 11 is 1.30. The summed E-state index contributed by atoms with van der Waals surface area (Å²) in [6.07, 6.45) is 0.700. The van der Waals surface area contributed by atoms with Crippen LogP contribution in [-0.4, -0.2) is 27.2 Å². The molecule has 0 aliphatic rings. The average molecular weight is 363 g/mol. The van der Waals surface area contributed by atoms with E-state index in [1.807, 2.05) is 6.92 Å². The third kappa shape index (κ3) is 4.00. The fraction of sp³-hybridized carbons (Fsp3) is 0.250. The molecule has 1 aromatic carbocycles. The number of hydrogen-bond donors (Lipinski definition) is 0. The summed E-state index contributed by atoms with van der Waals surface area (Å²) in [6.45, 7) is 1.31. The maximum absolute atomic E-state index is 13.4. The molecule has 0 fully saturated rings. The summed E-state index contributed by atoms with van der Waals surface area (Å²) in [4.78, 5) is 28.4. The number of nitrogens with zero attached hydrogens (tertiary/aromatic N) is 3. The maximum Gasteiger partial charge on any atom is 0.344 e. The molecule has 0 aliphatic carbocycles. The zero-order valence-electron chi connectivity index (χ0n) is 13.3. The van der Waals surface area contributed by atoms with Crippen molar-refractivity contribution in [3.63, 3.8) is 0 Å². The van der Waals surface area contributed by atoms with Crippen molar-refractivity contribution in [2.45, 2.75) is 20.0 Å². The largest absolute Gasteiger partial charge is 0.479 e. The van der Waals surface area contributed by atoms with Crippen LogP contribution in [0.1, 0.15) is 17.6 Å². The quantitative estimate of drug-likeness (QED) is 0.623. The summed E-state index contributed by atoms with van der Waals surface area (Å²) in [7, 11) is 0. The van der Waals surface area contributed by atoms with Gasteiger partial charge in [-0.15, -0.1) is 0 Å². The van der Waals surface area contributed by atoms with Crippen molar-refractivity contribution in [1.29, 1.82) is 0 Å². The third-order valence-corrected chi connectivity index (χ3v) is 4.26. The molecule has 0 bridgehead atoms. The molecule has 0 atom stereocenters. The van der Waals surface area contributed by atoms with E-state index in [0.29, 0.717) is 17.1 Å². The number of aromatic nitrogens is 3. The number of hydrogen-bond acceptors (Lipinski definition) is 7. The normalized spacial score (nSPS) is 10.8. The van der Waals surface area contributed by atoms with E-state index in [1.54, 1.807) is 6.07 Å². The second-order valence-electron chi connectivity index (χ2n) is 5.01. The van der Waals surface area contributed by atoms with Crippen LogP contribution in [0.2, 0.25) is 0 Å². The Hall–Kier alpha value is -2.81. The minimum atomic E-state index is -0.691. The minimum Gasteiger partial charge on any atom is -0.479 e. The highest BCUT2D eigenvalue weighted by atomic mass is 32.1. The number of benzene rings is 1. The molecule has 7 nitrogen and oxygen atoms in total. The number of rotatable bonds is 6. The smallest absolute Gasteiger partial charge is 0.344 e. The van der Waals surface area contributed by atoms with Gasteiger partial charge in [0.15, 0.2) is 18.2 Å². The van der Waals surface area contributed by atoms with E-state index in [-0.39, 0.29) is 17.9 Å². The zero-order chi connectivity index (χ0) is 17.8. The van der Waals surface area contributed by atoms with Gasteiger partial charge in [0.1, 0.15) is 11.6 Å². The van der Waals surface area contributed by atoms with Crippen LogP contribution in [0.4, 0.5) is 4.39 Å². The Kier molecular flexibility index (Phi) is 5.03. The molecular weight excluding hydrogens is 349 g/mol. The van der Waals surface area contributed by atoms with Crippen LogP contribution in [0.5, 0.6) is 5.75 Å². The molecule has 0 saturated carbocycles. The van der Waals surface area contributed by atoms with Crippen LogP contribution in [-0.2, 0) is 22.6 Å². The van der Waals surface area contributed by atoms with Crippen LogP contribution in [0.25, 0.3) is 4.96 Å². The number of esters is 1. The fourth-order valence-electron chi connectivity index (χ4n) is 2.01. The molecule has 25 heavy (non-hydrogen) atoms. The maximum atomic E-state index is 13.4. The van der Waals surface area contributed by atoms with Gasteiger partial charge < -0.3 is 9.47 Å². The number of carbonyl (C=O) groups excluding carboxylic acids is 1. The van der Waals surface area contributed by atoms with Crippen molar-refractivity contribution in [3.8, 4) is 5.75 Å². The van der Waals surface area contributed by atoms with Crippen molar-refractivity contribution in [3.05, 3.63) is 57.2 Å². The summed E-state index contributed by atoms with van der Waals surface area (Å²) in [5, 5.41) is 4.92. The van der Waals surface area contributed by atoms with Gasteiger partial charge in [-0.3, -0.25) is 4.79 Å². The van der Waals surface area contributed by atoms with Gasteiger partial charge in [0.2, 0.25) is 4.96 Å². The molecule has 0 aliphatic heterocycles. The van der Waals surface area contributed by atoms with Crippen LogP contribution in [0, 0.1) is 5.82 Å². The second kappa shape index (κ2) is 7.39. The van der Waals surface area contributed by atoms with Gasteiger partial charge in [0, 0.05) is 6.07 Å². The Bertz CT molecular complexity index is 969. The highest BCUT2D eigenvalue weighted by Gasteiger charge is 2.11. The summed E-state index contributed by atoms with van der Waals surface area (Å²) in [5.74, 6) is -1.29. The SMILES string of the molecule is CCc1nn2c(=O)cc(COC(=O)COc3ccccc3F)nc2s1. The van der Waals surface area contributed by atoms with E-state index >= 15 is 0 Å². The van der Waals surface area contributed by atoms with E-state index in [0.717, 1.165) is 5.01 Å². The van der Waals surface area contributed by atoms with E-state index < -0.39 is 18.4 Å². The zero-order valence-corrected chi connectivity index (χ0v) is 14.1. The summed E-state index contributed by atoms with van der Waals surface area (Å²) in [5.41, 5.74) is -0.0230.